The van der Waals surface area contributed by atoms with Crippen molar-refractivity contribution in [2.24, 2.45) is 0 Å². The van der Waals surface area contributed by atoms with Crippen molar-refractivity contribution in [3.05, 3.63) is 47.7 Å². The number of hydrogen-bond donors (Lipinski definition) is 2. The summed E-state index contributed by atoms with van der Waals surface area (Å²) in [7, 11) is 0. The lowest BCUT2D eigenvalue weighted by Gasteiger charge is -2.23. The van der Waals surface area contributed by atoms with Crippen LogP contribution in [0.4, 0.5) is 24.9 Å². The molecule has 0 radical (unpaired) electrons. The van der Waals surface area contributed by atoms with Gasteiger partial charge in [0.05, 0.1) is 0 Å². The van der Waals surface area contributed by atoms with E-state index >= 15 is 0 Å². The van der Waals surface area contributed by atoms with Crippen molar-refractivity contribution in [2.45, 2.75) is 38.4 Å². The van der Waals surface area contributed by atoms with E-state index in [1.54, 1.807) is 0 Å². The highest BCUT2D eigenvalue weighted by Gasteiger charge is 2.34. The minimum Gasteiger partial charge on any atom is -0.358 e. The molecular formula is C19H22F3N5S. The smallest absolute Gasteiger partial charge is 0.358 e. The van der Waals surface area contributed by atoms with E-state index in [9.17, 15) is 13.2 Å². The van der Waals surface area contributed by atoms with E-state index in [1.165, 1.54) is 0 Å². The number of halogens is 3. The molecule has 9 heteroatoms. The maximum Gasteiger partial charge on any atom is 0.433 e. The molecule has 0 amide bonds. The molecule has 0 spiro atoms. The third-order valence-corrected chi connectivity index (χ3v) is 4.70. The Bertz CT molecular complexity index is 790. The molecule has 0 unspecified atom stereocenters. The molecule has 1 aliphatic rings. The molecule has 2 aromatic rings. The molecule has 5 nitrogen and oxygen atoms in total. The predicted octanol–water partition coefficient (Wildman–Crippen LogP) is 4.36. The Morgan fingerprint density at radius 3 is 2.36 bits per heavy atom. The SMILES string of the molecule is FC(F)(F)c1cc(N2CCCCCC2)nc(NC(=S)NCc2ccccc2)n1. The molecule has 1 fully saturated rings. The third kappa shape index (κ3) is 5.79. The lowest BCUT2D eigenvalue weighted by Crippen LogP contribution is -2.30. The summed E-state index contributed by atoms with van der Waals surface area (Å²) in [6.45, 7) is 1.82. The summed E-state index contributed by atoms with van der Waals surface area (Å²) in [6.07, 6.45) is -0.534. The molecule has 2 N–H and O–H groups in total. The topological polar surface area (TPSA) is 53.1 Å². The number of nitrogens with zero attached hydrogens (tertiary/aromatic N) is 3. The summed E-state index contributed by atoms with van der Waals surface area (Å²) in [5, 5.41) is 5.82. The molecule has 0 atom stereocenters. The van der Waals surface area contributed by atoms with Gasteiger partial charge in [-0.15, -0.1) is 0 Å². The van der Waals surface area contributed by atoms with Crippen LogP contribution in [-0.4, -0.2) is 28.2 Å². The maximum atomic E-state index is 13.3. The zero-order valence-corrected chi connectivity index (χ0v) is 16.1. The Kier molecular flexibility index (Phi) is 6.66. The number of nitrogens with one attached hydrogen (secondary N) is 2. The lowest BCUT2D eigenvalue weighted by molar-refractivity contribution is -0.141. The lowest BCUT2D eigenvalue weighted by atomic mass is 10.2. The molecule has 28 heavy (non-hydrogen) atoms. The first-order valence-corrected chi connectivity index (χ1v) is 9.62. The van der Waals surface area contributed by atoms with Crippen LogP contribution in [0.25, 0.3) is 0 Å². The van der Waals surface area contributed by atoms with Gasteiger partial charge >= 0.3 is 6.18 Å². The maximum absolute atomic E-state index is 13.3. The van der Waals surface area contributed by atoms with Crippen LogP contribution in [0.2, 0.25) is 0 Å². The van der Waals surface area contributed by atoms with Gasteiger partial charge in [-0.05, 0) is 30.6 Å². The number of alkyl halides is 3. The molecule has 1 aromatic heterocycles. The van der Waals surface area contributed by atoms with Gasteiger partial charge in [-0.1, -0.05) is 43.2 Å². The number of rotatable bonds is 4. The van der Waals surface area contributed by atoms with Gasteiger partial charge in [0.2, 0.25) is 5.95 Å². The number of aromatic nitrogens is 2. The highest BCUT2D eigenvalue weighted by Crippen LogP contribution is 2.31. The first-order valence-electron chi connectivity index (χ1n) is 9.22. The molecule has 1 aromatic carbocycles. The second-order valence-electron chi connectivity index (χ2n) is 6.63. The van der Waals surface area contributed by atoms with Crippen LogP contribution >= 0.6 is 12.2 Å². The summed E-state index contributed by atoms with van der Waals surface area (Å²) in [6, 6.07) is 10.6. The second kappa shape index (κ2) is 9.18. The van der Waals surface area contributed by atoms with Crippen LogP contribution in [0.3, 0.4) is 0 Å². The fourth-order valence-electron chi connectivity index (χ4n) is 3.02. The van der Waals surface area contributed by atoms with E-state index < -0.39 is 11.9 Å². The van der Waals surface area contributed by atoms with Gasteiger partial charge in [0, 0.05) is 25.7 Å². The van der Waals surface area contributed by atoms with E-state index in [2.05, 4.69) is 20.6 Å². The molecule has 1 aliphatic heterocycles. The summed E-state index contributed by atoms with van der Waals surface area (Å²) in [4.78, 5) is 9.78. The minimum absolute atomic E-state index is 0.153. The molecule has 3 rings (SSSR count). The fraction of sp³-hybridized carbons (Fsp3) is 0.421. The van der Waals surface area contributed by atoms with Crippen molar-refractivity contribution in [1.82, 2.24) is 15.3 Å². The summed E-state index contributed by atoms with van der Waals surface area (Å²) >= 11 is 5.20. The Hall–Kier alpha value is -2.42. The normalized spacial score (nSPS) is 15.0. The first-order chi connectivity index (χ1) is 13.4. The molecule has 0 saturated carbocycles. The molecular weight excluding hydrogens is 387 g/mol. The molecule has 150 valence electrons. The van der Waals surface area contributed by atoms with Crippen molar-refractivity contribution in [3.63, 3.8) is 0 Å². The van der Waals surface area contributed by atoms with Gasteiger partial charge in [-0.3, -0.25) is 0 Å². The van der Waals surface area contributed by atoms with E-state index in [0.29, 0.717) is 19.6 Å². The van der Waals surface area contributed by atoms with Crippen molar-refractivity contribution in [2.75, 3.05) is 23.3 Å². The van der Waals surface area contributed by atoms with Gasteiger partial charge in [0.15, 0.2) is 10.8 Å². The van der Waals surface area contributed by atoms with Gasteiger partial charge in [0.1, 0.15) is 5.82 Å². The molecule has 0 bridgehead atoms. The van der Waals surface area contributed by atoms with Gasteiger partial charge in [0.25, 0.3) is 0 Å². The van der Waals surface area contributed by atoms with Gasteiger partial charge in [-0.25, -0.2) is 4.98 Å². The van der Waals surface area contributed by atoms with E-state index in [4.69, 9.17) is 12.2 Å². The molecule has 1 saturated heterocycles. The van der Waals surface area contributed by atoms with Crippen molar-refractivity contribution >= 4 is 29.1 Å². The highest BCUT2D eigenvalue weighted by molar-refractivity contribution is 7.80. The van der Waals surface area contributed by atoms with E-state index in [1.807, 2.05) is 35.2 Å². The third-order valence-electron chi connectivity index (χ3n) is 4.45. The Morgan fingerprint density at radius 2 is 1.71 bits per heavy atom. The summed E-state index contributed by atoms with van der Waals surface area (Å²) in [5.74, 6) is 0.122. The second-order valence-corrected chi connectivity index (χ2v) is 7.04. The van der Waals surface area contributed by atoms with Crippen LogP contribution in [0, 0.1) is 0 Å². The first kappa shape index (κ1) is 20.3. The molecule has 0 aliphatic carbocycles. The Labute approximate surface area is 167 Å². The zero-order chi connectivity index (χ0) is 20.0. The molecule has 2 heterocycles. The fourth-order valence-corrected chi connectivity index (χ4v) is 3.18. The monoisotopic (exact) mass is 409 g/mol. The van der Waals surface area contributed by atoms with E-state index in [-0.39, 0.29) is 16.9 Å². The quantitative estimate of drug-likeness (QED) is 0.732. The average Bonchev–Trinajstić information content (AvgIpc) is 2.96. The van der Waals surface area contributed by atoms with Gasteiger partial charge < -0.3 is 15.5 Å². The number of hydrogen-bond acceptors (Lipinski definition) is 4. The van der Waals surface area contributed by atoms with Crippen LogP contribution < -0.4 is 15.5 Å². The number of benzene rings is 1. The van der Waals surface area contributed by atoms with Crippen molar-refractivity contribution < 1.29 is 13.2 Å². The largest absolute Gasteiger partial charge is 0.433 e. The number of thiocarbonyl (C=S) groups is 1. The Balaban J connectivity index is 1.75. The van der Waals surface area contributed by atoms with Crippen LogP contribution in [0.15, 0.2) is 36.4 Å². The average molecular weight is 409 g/mol. The Morgan fingerprint density at radius 1 is 1.04 bits per heavy atom. The highest BCUT2D eigenvalue weighted by atomic mass is 32.1. The summed E-state index contributed by atoms with van der Waals surface area (Å²) < 4.78 is 40.0. The standard InChI is InChI=1S/C19H22F3N5S/c20-19(21,22)15-12-16(27-10-6-1-2-7-11-27)25-17(24-15)26-18(28)23-13-14-8-4-3-5-9-14/h3-5,8-9,12H,1-2,6-7,10-11,13H2,(H2,23,24,25,26,28). The summed E-state index contributed by atoms with van der Waals surface area (Å²) in [5.41, 5.74) is 0.0250. The zero-order valence-electron chi connectivity index (χ0n) is 15.3. The number of anilines is 2. The van der Waals surface area contributed by atoms with Crippen LogP contribution in [-0.2, 0) is 12.7 Å². The van der Waals surface area contributed by atoms with Gasteiger partial charge in [-0.2, -0.15) is 18.2 Å². The van der Waals surface area contributed by atoms with E-state index in [0.717, 1.165) is 37.3 Å². The van der Waals surface area contributed by atoms with Crippen LogP contribution in [0.5, 0.6) is 0 Å². The minimum atomic E-state index is -4.56. The van der Waals surface area contributed by atoms with Crippen molar-refractivity contribution in [3.8, 4) is 0 Å². The van der Waals surface area contributed by atoms with Crippen molar-refractivity contribution in [1.29, 1.82) is 0 Å². The van der Waals surface area contributed by atoms with Crippen LogP contribution in [0.1, 0.15) is 36.9 Å². The predicted molar refractivity (Wildman–Crippen MR) is 107 cm³/mol.